The van der Waals surface area contributed by atoms with E-state index < -0.39 is 10.1 Å². The number of hydrogen-bond donors (Lipinski definition) is 2. The molecule has 0 bridgehead atoms. The van der Waals surface area contributed by atoms with Gasteiger partial charge in [0.1, 0.15) is 4.90 Å². The molecule has 10 heavy (non-hydrogen) atoms. The van der Waals surface area contributed by atoms with Gasteiger partial charge in [0.05, 0.1) is 0 Å². The van der Waals surface area contributed by atoms with Crippen molar-refractivity contribution in [2.75, 3.05) is 0 Å². The molecule has 1 rings (SSSR count). The normalized spacial score (nSPS) is 10.5. The number of rotatable bonds is 1. The standard InChI is InChI=1S/C4H5NO3S.Na.H/c6-9(7,8)4-1-2-5-3-4;;/h1-3,5H,(H,6,7,8);;. The van der Waals surface area contributed by atoms with E-state index >= 15 is 0 Å². The Morgan fingerprint density at radius 2 is 2.10 bits per heavy atom. The molecule has 0 atom stereocenters. The van der Waals surface area contributed by atoms with Crippen molar-refractivity contribution in [3.05, 3.63) is 18.5 Å². The molecule has 4 nitrogen and oxygen atoms in total. The summed E-state index contributed by atoms with van der Waals surface area (Å²) in [5, 5.41) is 0. The van der Waals surface area contributed by atoms with E-state index in [4.69, 9.17) is 4.55 Å². The van der Waals surface area contributed by atoms with Gasteiger partial charge in [-0.2, -0.15) is 8.42 Å². The van der Waals surface area contributed by atoms with Crippen molar-refractivity contribution in [1.29, 1.82) is 0 Å². The maximum atomic E-state index is 10.2. The Bertz CT molecular complexity index is 277. The average molecular weight is 171 g/mol. The van der Waals surface area contributed by atoms with E-state index in [1.165, 1.54) is 18.5 Å². The van der Waals surface area contributed by atoms with E-state index in [0.717, 1.165) is 0 Å². The van der Waals surface area contributed by atoms with Crippen LogP contribution in [0.15, 0.2) is 23.4 Å². The van der Waals surface area contributed by atoms with Crippen LogP contribution >= 0.6 is 0 Å². The summed E-state index contributed by atoms with van der Waals surface area (Å²) >= 11 is 0. The van der Waals surface area contributed by atoms with Crippen LogP contribution in [0.1, 0.15) is 0 Å². The first-order chi connectivity index (χ1) is 4.11. The molecule has 0 aromatic carbocycles. The minimum absolute atomic E-state index is 0. The van der Waals surface area contributed by atoms with E-state index in [1.807, 2.05) is 0 Å². The minimum atomic E-state index is -3.99. The van der Waals surface area contributed by atoms with Crippen molar-refractivity contribution < 1.29 is 13.0 Å². The van der Waals surface area contributed by atoms with E-state index in [2.05, 4.69) is 4.98 Å². The molecular formula is C4H6NNaO3S. The summed E-state index contributed by atoms with van der Waals surface area (Å²) in [6, 6.07) is 1.27. The summed E-state index contributed by atoms with van der Waals surface area (Å²) in [6.45, 7) is 0. The van der Waals surface area contributed by atoms with Gasteiger partial charge >= 0.3 is 29.6 Å². The van der Waals surface area contributed by atoms with Crippen LogP contribution < -0.4 is 0 Å². The Morgan fingerprint density at radius 3 is 2.30 bits per heavy atom. The van der Waals surface area contributed by atoms with Gasteiger partial charge < -0.3 is 4.98 Å². The van der Waals surface area contributed by atoms with Gasteiger partial charge in [0.15, 0.2) is 0 Å². The summed E-state index contributed by atoms with van der Waals surface area (Å²) in [5.41, 5.74) is 0. The van der Waals surface area contributed by atoms with Gasteiger partial charge in [0.2, 0.25) is 0 Å². The van der Waals surface area contributed by atoms with E-state index in [0.29, 0.717) is 0 Å². The monoisotopic (exact) mass is 171 g/mol. The second-order valence-electron chi connectivity index (χ2n) is 1.52. The predicted molar refractivity (Wildman–Crippen MR) is 37.8 cm³/mol. The summed E-state index contributed by atoms with van der Waals surface area (Å²) in [4.78, 5) is 2.39. The van der Waals surface area contributed by atoms with Crippen LogP contribution in [0.4, 0.5) is 0 Å². The first-order valence-electron chi connectivity index (χ1n) is 2.21. The molecule has 0 amide bonds. The zero-order chi connectivity index (χ0) is 6.91. The number of hydrogen-bond acceptors (Lipinski definition) is 2. The molecule has 0 fully saturated rings. The van der Waals surface area contributed by atoms with Crippen LogP contribution in [0.5, 0.6) is 0 Å². The molecule has 2 N–H and O–H groups in total. The van der Waals surface area contributed by atoms with Gasteiger partial charge in [-0.1, -0.05) is 0 Å². The molecule has 6 heteroatoms. The van der Waals surface area contributed by atoms with Crippen LogP contribution in [0.3, 0.4) is 0 Å². The average Bonchev–Trinajstić information content (AvgIpc) is 2.08. The van der Waals surface area contributed by atoms with E-state index in [1.54, 1.807) is 0 Å². The fourth-order valence-corrected chi connectivity index (χ4v) is 0.926. The molecular weight excluding hydrogens is 165 g/mol. The number of nitrogens with one attached hydrogen (secondary N) is 1. The molecule has 1 aromatic heterocycles. The van der Waals surface area contributed by atoms with Crippen LogP contribution in [0.25, 0.3) is 0 Å². The third-order valence-corrected chi connectivity index (χ3v) is 1.72. The molecule has 1 heterocycles. The summed E-state index contributed by atoms with van der Waals surface area (Å²) in [7, 11) is -3.99. The second kappa shape index (κ2) is 3.54. The van der Waals surface area contributed by atoms with Crippen LogP contribution in [-0.2, 0) is 10.1 Å². The molecule has 0 aliphatic carbocycles. The van der Waals surface area contributed by atoms with Gasteiger partial charge in [-0.25, -0.2) is 0 Å². The summed E-state index contributed by atoms with van der Waals surface area (Å²) in [6.07, 6.45) is 2.62. The Balaban J connectivity index is 0.000000810. The molecule has 1 aromatic rings. The topological polar surface area (TPSA) is 70.2 Å². The van der Waals surface area contributed by atoms with Crippen molar-refractivity contribution in [3.63, 3.8) is 0 Å². The SMILES string of the molecule is O=S(=O)(O)c1cc[nH]c1.[NaH]. The third-order valence-electron chi connectivity index (χ3n) is 0.867. The first-order valence-corrected chi connectivity index (χ1v) is 3.65. The van der Waals surface area contributed by atoms with Gasteiger partial charge in [0.25, 0.3) is 10.1 Å². The zero-order valence-electron chi connectivity index (χ0n) is 4.40. The van der Waals surface area contributed by atoms with Crippen molar-refractivity contribution in [3.8, 4) is 0 Å². The Kier molecular flexibility index (Phi) is 3.61. The van der Waals surface area contributed by atoms with Gasteiger partial charge in [0, 0.05) is 12.4 Å². The number of aromatic nitrogens is 1. The van der Waals surface area contributed by atoms with Crippen molar-refractivity contribution in [2.24, 2.45) is 0 Å². The Labute approximate surface area is 80.7 Å². The fraction of sp³-hybridized carbons (Fsp3) is 0. The third kappa shape index (κ3) is 2.43. The van der Waals surface area contributed by atoms with E-state index in [-0.39, 0.29) is 34.5 Å². The van der Waals surface area contributed by atoms with Crippen LogP contribution in [-0.4, -0.2) is 47.5 Å². The molecule has 0 radical (unpaired) electrons. The molecule has 0 aliphatic rings. The molecule has 0 aliphatic heterocycles. The molecule has 0 unspecified atom stereocenters. The summed E-state index contributed by atoms with van der Waals surface area (Å²) in [5.74, 6) is 0. The van der Waals surface area contributed by atoms with Crippen LogP contribution in [0.2, 0.25) is 0 Å². The van der Waals surface area contributed by atoms with Gasteiger partial charge in [-0.3, -0.25) is 4.55 Å². The maximum absolute atomic E-state index is 10.2. The molecule has 0 spiro atoms. The Hall–Kier alpha value is 0.190. The van der Waals surface area contributed by atoms with Crippen molar-refractivity contribution in [2.45, 2.75) is 4.90 Å². The number of aromatic amines is 1. The van der Waals surface area contributed by atoms with E-state index in [9.17, 15) is 8.42 Å². The summed E-state index contributed by atoms with van der Waals surface area (Å²) < 4.78 is 28.8. The van der Waals surface area contributed by atoms with Crippen molar-refractivity contribution >= 4 is 39.7 Å². The zero-order valence-corrected chi connectivity index (χ0v) is 5.22. The number of H-pyrrole nitrogens is 1. The Morgan fingerprint density at radius 1 is 1.50 bits per heavy atom. The fourth-order valence-electron chi connectivity index (χ4n) is 0.469. The first kappa shape index (κ1) is 10.2. The quantitative estimate of drug-likeness (QED) is 0.446. The molecule has 0 saturated carbocycles. The molecule has 0 saturated heterocycles. The molecule has 52 valence electrons. The van der Waals surface area contributed by atoms with Gasteiger partial charge in [-0.15, -0.1) is 0 Å². The second-order valence-corrected chi connectivity index (χ2v) is 2.94. The van der Waals surface area contributed by atoms with Crippen LogP contribution in [0, 0.1) is 0 Å². The predicted octanol–water partition coefficient (Wildman–Crippen LogP) is -0.387. The van der Waals surface area contributed by atoms with Gasteiger partial charge in [-0.05, 0) is 6.07 Å². The van der Waals surface area contributed by atoms with Crippen molar-refractivity contribution in [1.82, 2.24) is 4.98 Å².